The Kier molecular flexibility index (Phi) is 7.74. The quantitative estimate of drug-likeness (QED) is 0.231. The molecule has 10 heteroatoms. The fraction of sp³-hybridized carbons (Fsp3) is 0.0909. The molecule has 3 rings (SSSR count). The van der Waals surface area contributed by atoms with E-state index in [9.17, 15) is 19.7 Å². The predicted octanol–water partition coefficient (Wildman–Crippen LogP) is 6.27. The van der Waals surface area contributed by atoms with Gasteiger partial charge >= 0.3 is 0 Å². The topological polar surface area (TPSA) is 101 Å². The standard InChI is InChI=1S/C22H17Cl2N3O4S/c1-13(21(28)25-15-6-8-17(9-7-15)27(30)31)32-18-4-2-3-16(12-18)26-22(29)19-10-5-14(23)11-20(19)24/h2-13H,1H3,(H,25,28)(H,26,29). The SMILES string of the molecule is CC(Sc1cccc(NC(=O)c2ccc(Cl)cc2Cl)c1)C(=O)Nc1ccc([N+](=O)[O-])cc1. The monoisotopic (exact) mass is 489 g/mol. The summed E-state index contributed by atoms with van der Waals surface area (Å²) in [6.45, 7) is 1.74. The van der Waals surface area contributed by atoms with Crippen LogP contribution in [0.5, 0.6) is 0 Å². The molecule has 0 aliphatic rings. The maximum Gasteiger partial charge on any atom is 0.269 e. The van der Waals surface area contributed by atoms with Crippen LogP contribution in [-0.2, 0) is 4.79 Å². The van der Waals surface area contributed by atoms with Gasteiger partial charge < -0.3 is 10.6 Å². The molecule has 0 spiro atoms. The third-order valence-electron chi connectivity index (χ3n) is 4.30. The van der Waals surface area contributed by atoms with E-state index in [0.717, 1.165) is 4.90 Å². The van der Waals surface area contributed by atoms with Gasteiger partial charge in [0.15, 0.2) is 0 Å². The van der Waals surface area contributed by atoms with Gasteiger partial charge in [0.05, 0.1) is 20.8 Å². The van der Waals surface area contributed by atoms with Crippen LogP contribution in [-0.4, -0.2) is 22.0 Å². The number of halogens is 2. The number of anilines is 2. The molecule has 32 heavy (non-hydrogen) atoms. The summed E-state index contributed by atoms with van der Waals surface area (Å²) in [5, 5.41) is 16.5. The average Bonchev–Trinajstić information content (AvgIpc) is 2.74. The maximum atomic E-state index is 12.5. The van der Waals surface area contributed by atoms with Gasteiger partial charge in [-0.3, -0.25) is 19.7 Å². The summed E-state index contributed by atoms with van der Waals surface area (Å²) in [7, 11) is 0. The summed E-state index contributed by atoms with van der Waals surface area (Å²) in [5.41, 5.74) is 1.26. The summed E-state index contributed by atoms with van der Waals surface area (Å²) in [6.07, 6.45) is 0. The summed E-state index contributed by atoms with van der Waals surface area (Å²) >= 11 is 13.3. The third kappa shape index (κ3) is 6.23. The molecule has 1 unspecified atom stereocenters. The van der Waals surface area contributed by atoms with E-state index in [-0.39, 0.29) is 22.5 Å². The molecule has 2 N–H and O–H groups in total. The Balaban J connectivity index is 1.62. The number of rotatable bonds is 7. The molecular formula is C22H17Cl2N3O4S. The first kappa shape index (κ1) is 23.6. The van der Waals surface area contributed by atoms with Gasteiger partial charge in [-0.2, -0.15) is 0 Å². The minimum Gasteiger partial charge on any atom is -0.325 e. The third-order valence-corrected chi connectivity index (χ3v) is 5.94. The van der Waals surface area contributed by atoms with Crippen molar-refractivity contribution in [1.82, 2.24) is 0 Å². The van der Waals surface area contributed by atoms with Crippen LogP contribution in [0.1, 0.15) is 17.3 Å². The number of nitrogens with zero attached hydrogens (tertiary/aromatic N) is 1. The Morgan fingerprint density at radius 1 is 0.969 bits per heavy atom. The molecule has 7 nitrogen and oxygen atoms in total. The minimum atomic E-state index is -0.503. The lowest BCUT2D eigenvalue weighted by molar-refractivity contribution is -0.384. The zero-order valence-corrected chi connectivity index (χ0v) is 19.0. The number of nitrogens with one attached hydrogen (secondary N) is 2. The van der Waals surface area contributed by atoms with E-state index in [1.54, 1.807) is 37.3 Å². The van der Waals surface area contributed by atoms with E-state index in [1.807, 2.05) is 6.07 Å². The van der Waals surface area contributed by atoms with Gasteiger partial charge in [-0.1, -0.05) is 29.3 Å². The molecule has 164 valence electrons. The number of hydrogen-bond donors (Lipinski definition) is 2. The highest BCUT2D eigenvalue weighted by Gasteiger charge is 2.16. The number of nitro benzene ring substituents is 1. The molecule has 0 radical (unpaired) electrons. The van der Waals surface area contributed by atoms with Crippen molar-refractivity contribution in [3.63, 3.8) is 0 Å². The molecule has 0 aliphatic heterocycles. The average molecular weight is 490 g/mol. The fourth-order valence-electron chi connectivity index (χ4n) is 2.69. The van der Waals surface area contributed by atoms with Crippen LogP contribution >= 0.6 is 35.0 Å². The van der Waals surface area contributed by atoms with E-state index in [4.69, 9.17) is 23.2 Å². The number of nitro groups is 1. The van der Waals surface area contributed by atoms with Gasteiger partial charge in [0.25, 0.3) is 11.6 Å². The second kappa shape index (κ2) is 10.5. The molecule has 0 bridgehead atoms. The van der Waals surface area contributed by atoms with Crippen LogP contribution < -0.4 is 10.6 Å². The number of amides is 2. The van der Waals surface area contributed by atoms with Crippen LogP contribution in [0.3, 0.4) is 0 Å². The van der Waals surface area contributed by atoms with E-state index in [1.165, 1.54) is 42.1 Å². The van der Waals surface area contributed by atoms with Crippen LogP contribution in [0, 0.1) is 10.1 Å². The van der Waals surface area contributed by atoms with Crippen molar-refractivity contribution >= 4 is 63.8 Å². The second-order valence-electron chi connectivity index (χ2n) is 6.66. The van der Waals surface area contributed by atoms with E-state index in [0.29, 0.717) is 22.0 Å². The van der Waals surface area contributed by atoms with Gasteiger partial charge in [0.1, 0.15) is 0 Å². The number of carbonyl (C=O) groups is 2. The number of carbonyl (C=O) groups excluding carboxylic acids is 2. The minimum absolute atomic E-state index is 0.0517. The second-order valence-corrected chi connectivity index (χ2v) is 8.92. The van der Waals surface area contributed by atoms with Crippen LogP contribution in [0.15, 0.2) is 71.6 Å². The van der Waals surface area contributed by atoms with Crippen LogP contribution in [0.25, 0.3) is 0 Å². The lowest BCUT2D eigenvalue weighted by Gasteiger charge is -2.13. The number of non-ortho nitro benzene ring substituents is 1. The Morgan fingerprint density at radius 2 is 1.69 bits per heavy atom. The summed E-state index contributed by atoms with van der Waals surface area (Å²) in [6, 6.07) is 17.3. The van der Waals surface area contributed by atoms with E-state index < -0.39 is 10.2 Å². The Morgan fingerprint density at radius 3 is 2.34 bits per heavy atom. The van der Waals surface area contributed by atoms with Crippen molar-refractivity contribution < 1.29 is 14.5 Å². The molecule has 1 atom stereocenters. The first-order valence-corrected chi connectivity index (χ1v) is 10.9. The Hall–Kier alpha value is -3.07. The fourth-order valence-corrected chi connectivity index (χ4v) is 4.11. The highest BCUT2D eigenvalue weighted by atomic mass is 35.5. The van der Waals surface area contributed by atoms with E-state index >= 15 is 0 Å². The molecule has 0 aromatic heterocycles. The molecule has 3 aromatic rings. The van der Waals surface area contributed by atoms with Crippen LogP contribution in [0.4, 0.5) is 17.1 Å². The van der Waals surface area contributed by atoms with Gasteiger partial charge in [-0.15, -0.1) is 11.8 Å². The first-order valence-electron chi connectivity index (χ1n) is 9.31. The zero-order valence-electron chi connectivity index (χ0n) is 16.7. The van der Waals surface area contributed by atoms with Crippen LogP contribution in [0.2, 0.25) is 10.0 Å². The van der Waals surface area contributed by atoms with Crippen molar-refractivity contribution in [1.29, 1.82) is 0 Å². The van der Waals surface area contributed by atoms with Gasteiger partial charge in [-0.25, -0.2) is 0 Å². The van der Waals surface area contributed by atoms with Crippen molar-refractivity contribution in [3.05, 3.63) is 92.5 Å². The molecule has 0 saturated carbocycles. The lowest BCUT2D eigenvalue weighted by Crippen LogP contribution is -2.22. The molecule has 0 aliphatic carbocycles. The van der Waals surface area contributed by atoms with Gasteiger partial charge in [0, 0.05) is 33.4 Å². The highest BCUT2D eigenvalue weighted by molar-refractivity contribution is 8.00. The maximum absolute atomic E-state index is 12.5. The first-order chi connectivity index (χ1) is 15.2. The highest BCUT2D eigenvalue weighted by Crippen LogP contribution is 2.28. The number of benzene rings is 3. The smallest absolute Gasteiger partial charge is 0.269 e. The number of hydrogen-bond acceptors (Lipinski definition) is 5. The zero-order chi connectivity index (χ0) is 23.3. The molecule has 0 saturated heterocycles. The summed E-state index contributed by atoms with van der Waals surface area (Å²) in [5.74, 6) is -0.635. The molecular weight excluding hydrogens is 473 g/mol. The van der Waals surface area contributed by atoms with Gasteiger partial charge in [-0.05, 0) is 55.5 Å². The van der Waals surface area contributed by atoms with Crippen molar-refractivity contribution in [2.24, 2.45) is 0 Å². The molecule has 0 fully saturated rings. The normalized spacial score (nSPS) is 11.5. The van der Waals surface area contributed by atoms with Crippen molar-refractivity contribution in [2.75, 3.05) is 10.6 Å². The largest absolute Gasteiger partial charge is 0.325 e. The van der Waals surface area contributed by atoms with Crippen molar-refractivity contribution in [3.8, 4) is 0 Å². The molecule has 3 aromatic carbocycles. The summed E-state index contributed by atoms with van der Waals surface area (Å²) in [4.78, 5) is 36.0. The lowest BCUT2D eigenvalue weighted by atomic mass is 10.2. The van der Waals surface area contributed by atoms with Gasteiger partial charge in [0.2, 0.25) is 5.91 Å². The Bertz CT molecular complexity index is 1170. The molecule has 2 amide bonds. The van der Waals surface area contributed by atoms with E-state index in [2.05, 4.69) is 10.6 Å². The Labute approximate surface area is 198 Å². The summed E-state index contributed by atoms with van der Waals surface area (Å²) < 4.78 is 0. The number of thioether (sulfide) groups is 1. The predicted molar refractivity (Wildman–Crippen MR) is 128 cm³/mol. The molecule has 0 heterocycles. The van der Waals surface area contributed by atoms with Crippen molar-refractivity contribution in [2.45, 2.75) is 17.1 Å².